The molecule has 7 nitrogen and oxygen atoms in total. The van der Waals surface area contributed by atoms with Gasteiger partial charge >= 0.3 is 0 Å². The Balaban J connectivity index is 2.14. The minimum absolute atomic E-state index is 0.0683. The van der Waals surface area contributed by atoms with E-state index < -0.39 is 22.4 Å². The molecular weight excluding hydrogens is 492 g/mol. The molecule has 1 amide bonds. The molecule has 0 aliphatic carbocycles. The first-order valence-electron chi connectivity index (χ1n) is 13.4. The van der Waals surface area contributed by atoms with Crippen LogP contribution < -0.4 is 15.0 Å². The summed E-state index contributed by atoms with van der Waals surface area (Å²) in [6.07, 6.45) is 0.606. The lowest BCUT2D eigenvalue weighted by Gasteiger charge is -2.41. The molecule has 0 saturated heterocycles. The minimum Gasteiger partial charge on any atom is -0.493 e. The predicted octanol–water partition coefficient (Wildman–Crippen LogP) is 5.84. The van der Waals surface area contributed by atoms with Crippen molar-refractivity contribution in [3.05, 3.63) is 68.5 Å². The Morgan fingerprint density at radius 2 is 1.44 bits per heavy atom. The van der Waals surface area contributed by atoms with E-state index in [1.54, 1.807) is 19.1 Å². The second kappa shape index (κ2) is 9.85. The monoisotopic (exact) mass is 532 g/mol. The fourth-order valence-electron chi connectivity index (χ4n) is 5.35. The van der Waals surface area contributed by atoms with Crippen LogP contribution in [-0.2, 0) is 11.2 Å². The molecule has 2 heterocycles. The van der Waals surface area contributed by atoms with Crippen molar-refractivity contribution in [3.63, 3.8) is 0 Å². The van der Waals surface area contributed by atoms with Crippen LogP contribution in [0.2, 0.25) is 0 Å². The zero-order valence-electron chi connectivity index (χ0n) is 24.8. The number of carbonyl (C=O) groups excluding carboxylic acids is 2. The van der Waals surface area contributed by atoms with E-state index in [1.165, 1.54) is 4.57 Å². The Hall–Kier alpha value is -3.61. The number of fused-ring (bicyclic) bond motifs is 2. The van der Waals surface area contributed by atoms with E-state index in [0.717, 1.165) is 27.6 Å². The number of carbonyl (C=O) groups is 2. The number of nitrogens with zero attached hydrogens (tertiary/aromatic N) is 2. The minimum atomic E-state index is -0.798. The number of aryl methyl sites for hydroxylation is 2. The van der Waals surface area contributed by atoms with Gasteiger partial charge in [0.25, 0.3) is 5.56 Å². The van der Waals surface area contributed by atoms with Crippen molar-refractivity contribution in [2.24, 2.45) is 10.8 Å². The lowest BCUT2D eigenvalue weighted by atomic mass is 9.84. The second-order valence-electron chi connectivity index (χ2n) is 12.5. The number of ether oxygens (including phenoxy) is 2. The molecule has 0 saturated carbocycles. The molecule has 0 bridgehead atoms. The Morgan fingerprint density at radius 1 is 0.846 bits per heavy atom. The molecule has 208 valence electrons. The summed E-state index contributed by atoms with van der Waals surface area (Å²) in [4.78, 5) is 44.0. The van der Waals surface area contributed by atoms with Crippen molar-refractivity contribution in [2.45, 2.75) is 67.9 Å². The highest BCUT2D eigenvalue weighted by molar-refractivity contribution is 5.96. The standard InChI is InChI=1S/C32H40N2O5/c1-18-11-12-21-15-23(28(35)34(26(21)19(18)2)30(37)32(6,7)8)27-22-17-25(39-10)24(38-9)16-20(22)13-14-33(27)29(36)31(3,4)5/h11-12,15-17,27H,13-14H2,1-10H3. The van der Waals surface area contributed by atoms with E-state index in [2.05, 4.69) is 0 Å². The first-order valence-corrected chi connectivity index (χ1v) is 13.4. The second-order valence-corrected chi connectivity index (χ2v) is 12.5. The fraction of sp³-hybridized carbons (Fsp3) is 0.469. The van der Waals surface area contributed by atoms with Gasteiger partial charge in [0.1, 0.15) is 0 Å². The van der Waals surface area contributed by atoms with E-state index >= 15 is 0 Å². The average molecular weight is 533 g/mol. The number of aromatic nitrogens is 1. The number of hydrogen-bond donors (Lipinski definition) is 0. The van der Waals surface area contributed by atoms with Crippen LogP contribution in [0.15, 0.2) is 35.1 Å². The number of pyridine rings is 1. The molecule has 2 aromatic carbocycles. The molecule has 1 atom stereocenters. The molecule has 0 N–H and O–H groups in total. The smallest absolute Gasteiger partial charge is 0.263 e. The maximum atomic E-state index is 14.5. The highest BCUT2D eigenvalue weighted by Gasteiger charge is 2.40. The van der Waals surface area contributed by atoms with Crippen LogP contribution in [0.3, 0.4) is 0 Å². The van der Waals surface area contributed by atoms with Crippen LogP contribution in [0.5, 0.6) is 11.5 Å². The van der Waals surface area contributed by atoms with E-state index in [9.17, 15) is 14.4 Å². The Morgan fingerprint density at radius 3 is 2.00 bits per heavy atom. The van der Waals surface area contributed by atoms with Gasteiger partial charge < -0.3 is 14.4 Å². The maximum absolute atomic E-state index is 14.5. The SMILES string of the molecule is COc1cc2c(cc1OC)C(c1cc3ccc(C)c(C)c3n(C(=O)C(C)(C)C)c1=O)N(C(=O)C(C)(C)C)CC2. The lowest BCUT2D eigenvalue weighted by molar-refractivity contribution is -0.141. The summed E-state index contributed by atoms with van der Waals surface area (Å²) in [6, 6.07) is 8.89. The van der Waals surface area contributed by atoms with Crippen LogP contribution in [0.25, 0.3) is 10.9 Å². The molecule has 1 unspecified atom stereocenters. The van der Waals surface area contributed by atoms with Gasteiger partial charge in [0.05, 0.1) is 25.8 Å². The third-order valence-corrected chi connectivity index (χ3v) is 7.63. The molecule has 1 aliphatic rings. The highest BCUT2D eigenvalue weighted by Crippen LogP contribution is 2.42. The van der Waals surface area contributed by atoms with E-state index in [4.69, 9.17) is 9.47 Å². The topological polar surface area (TPSA) is 77.8 Å². The zero-order valence-corrected chi connectivity index (χ0v) is 24.8. The normalized spacial score (nSPS) is 15.7. The van der Waals surface area contributed by atoms with Crippen LogP contribution in [0, 0.1) is 24.7 Å². The van der Waals surface area contributed by atoms with Gasteiger partial charge in [-0.2, -0.15) is 0 Å². The van der Waals surface area contributed by atoms with Gasteiger partial charge in [0.2, 0.25) is 11.8 Å². The zero-order chi connectivity index (χ0) is 29.0. The molecule has 1 aromatic heterocycles. The van der Waals surface area contributed by atoms with Crippen LogP contribution in [0.4, 0.5) is 0 Å². The number of rotatable bonds is 3. The van der Waals surface area contributed by atoms with Crippen molar-refractivity contribution in [1.29, 1.82) is 0 Å². The number of amides is 1. The van der Waals surface area contributed by atoms with Gasteiger partial charge in [-0.1, -0.05) is 53.7 Å². The van der Waals surface area contributed by atoms with E-state index in [0.29, 0.717) is 35.5 Å². The largest absolute Gasteiger partial charge is 0.493 e. The van der Waals surface area contributed by atoms with Gasteiger partial charge in [0.15, 0.2) is 11.5 Å². The van der Waals surface area contributed by atoms with E-state index in [-0.39, 0.29) is 11.8 Å². The number of methoxy groups -OCH3 is 2. The molecular formula is C32H40N2O5. The third-order valence-electron chi connectivity index (χ3n) is 7.63. The summed E-state index contributed by atoms with van der Waals surface area (Å²) in [5, 5.41) is 0.779. The first kappa shape index (κ1) is 28.4. The Kier molecular flexibility index (Phi) is 7.17. The molecule has 39 heavy (non-hydrogen) atoms. The van der Waals surface area contributed by atoms with Crippen LogP contribution >= 0.6 is 0 Å². The maximum Gasteiger partial charge on any atom is 0.263 e. The molecule has 1 aliphatic heterocycles. The lowest BCUT2D eigenvalue weighted by Crippen LogP contribution is -2.48. The summed E-state index contributed by atoms with van der Waals surface area (Å²) in [5.74, 6) is 0.756. The summed E-state index contributed by atoms with van der Waals surface area (Å²) in [7, 11) is 3.15. The van der Waals surface area contributed by atoms with Crippen molar-refractivity contribution in [3.8, 4) is 11.5 Å². The molecule has 7 heteroatoms. The average Bonchev–Trinajstić information content (AvgIpc) is 2.87. The van der Waals surface area contributed by atoms with Gasteiger partial charge in [0, 0.05) is 22.9 Å². The fourth-order valence-corrected chi connectivity index (χ4v) is 5.35. The number of hydrogen-bond acceptors (Lipinski definition) is 5. The summed E-state index contributed by atoms with van der Waals surface area (Å²) >= 11 is 0. The molecule has 0 fully saturated rings. The van der Waals surface area contributed by atoms with Crippen molar-refractivity contribution in [1.82, 2.24) is 9.47 Å². The first-order chi connectivity index (χ1) is 18.1. The predicted molar refractivity (Wildman–Crippen MR) is 154 cm³/mol. The molecule has 4 rings (SSSR count). The van der Waals surface area contributed by atoms with Gasteiger partial charge in [-0.25, -0.2) is 4.57 Å². The summed E-state index contributed by atoms with van der Waals surface area (Å²) < 4.78 is 12.5. The van der Waals surface area contributed by atoms with Crippen molar-refractivity contribution < 1.29 is 19.1 Å². The van der Waals surface area contributed by atoms with Gasteiger partial charge in [-0.3, -0.25) is 14.4 Å². The summed E-state index contributed by atoms with van der Waals surface area (Å²) in [5.41, 5.74) is 2.77. The van der Waals surface area contributed by atoms with Gasteiger partial charge in [-0.05, 0) is 66.1 Å². The highest BCUT2D eigenvalue weighted by atomic mass is 16.5. The van der Waals surface area contributed by atoms with Crippen LogP contribution in [-0.4, -0.2) is 42.0 Å². The van der Waals surface area contributed by atoms with Crippen molar-refractivity contribution >= 4 is 22.7 Å². The van der Waals surface area contributed by atoms with Crippen molar-refractivity contribution in [2.75, 3.05) is 20.8 Å². The Labute approximate surface area is 230 Å². The quantitative estimate of drug-likeness (QED) is 0.423. The molecule has 0 spiro atoms. The Bertz CT molecular complexity index is 1540. The molecule has 3 aromatic rings. The third kappa shape index (κ3) is 4.83. The number of benzene rings is 2. The van der Waals surface area contributed by atoms with E-state index in [1.807, 2.05) is 85.7 Å². The molecule has 0 radical (unpaired) electrons. The van der Waals surface area contributed by atoms with Gasteiger partial charge in [-0.15, -0.1) is 0 Å². The van der Waals surface area contributed by atoms with Crippen LogP contribution in [0.1, 0.15) is 80.2 Å². The summed E-state index contributed by atoms with van der Waals surface area (Å²) in [6.45, 7) is 15.4.